The van der Waals surface area contributed by atoms with Crippen molar-refractivity contribution in [3.05, 3.63) is 23.0 Å². The average molecular weight is 291 g/mol. The SMILES string of the molecule is COc1c(CC#N)ncc(CBr)c1C(F)F. The molecule has 1 rings (SSSR count). The minimum atomic E-state index is -2.65. The Morgan fingerprint density at radius 2 is 2.31 bits per heavy atom. The molecule has 0 aliphatic carbocycles. The molecule has 0 unspecified atom stereocenters. The van der Waals surface area contributed by atoms with Crippen molar-refractivity contribution in [3.8, 4) is 11.8 Å². The molecule has 0 amide bonds. The summed E-state index contributed by atoms with van der Waals surface area (Å²) in [6, 6.07) is 1.86. The molecule has 0 radical (unpaired) electrons. The number of nitrogens with zero attached hydrogens (tertiary/aromatic N) is 2. The third-order valence-electron chi connectivity index (χ3n) is 2.04. The molecule has 0 atom stereocenters. The third-order valence-corrected chi connectivity index (χ3v) is 2.65. The summed E-state index contributed by atoms with van der Waals surface area (Å²) in [4.78, 5) is 3.94. The maximum Gasteiger partial charge on any atom is 0.267 e. The Hall–Kier alpha value is -1.22. The summed E-state index contributed by atoms with van der Waals surface area (Å²) in [5.74, 6) is 0.00787. The molecule has 0 saturated heterocycles. The van der Waals surface area contributed by atoms with Crippen LogP contribution in [-0.4, -0.2) is 12.1 Å². The number of pyridine rings is 1. The zero-order chi connectivity index (χ0) is 12.1. The van der Waals surface area contributed by atoms with E-state index in [-0.39, 0.29) is 28.8 Å². The van der Waals surface area contributed by atoms with Gasteiger partial charge in [0, 0.05) is 11.5 Å². The van der Waals surface area contributed by atoms with E-state index in [0.29, 0.717) is 5.56 Å². The van der Waals surface area contributed by atoms with Crippen LogP contribution >= 0.6 is 15.9 Å². The van der Waals surface area contributed by atoms with Gasteiger partial charge in [0.05, 0.1) is 30.9 Å². The molecule has 0 aliphatic heterocycles. The quantitative estimate of drug-likeness (QED) is 0.801. The second kappa shape index (κ2) is 5.75. The van der Waals surface area contributed by atoms with E-state index in [0.717, 1.165) is 0 Å². The molecule has 16 heavy (non-hydrogen) atoms. The molecule has 1 heterocycles. The first-order chi connectivity index (χ1) is 7.65. The molecule has 0 N–H and O–H groups in total. The van der Waals surface area contributed by atoms with Crippen LogP contribution in [0.3, 0.4) is 0 Å². The van der Waals surface area contributed by atoms with Gasteiger partial charge in [0.1, 0.15) is 0 Å². The van der Waals surface area contributed by atoms with Crippen LogP contribution in [0.5, 0.6) is 5.75 Å². The van der Waals surface area contributed by atoms with Crippen molar-refractivity contribution in [2.45, 2.75) is 18.2 Å². The fraction of sp³-hybridized carbons (Fsp3) is 0.400. The van der Waals surface area contributed by atoms with Gasteiger partial charge in [-0.25, -0.2) is 8.78 Å². The number of nitriles is 1. The average Bonchev–Trinajstić information content (AvgIpc) is 2.28. The van der Waals surface area contributed by atoms with Crippen molar-refractivity contribution in [3.63, 3.8) is 0 Å². The van der Waals surface area contributed by atoms with Crippen LogP contribution in [0.1, 0.15) is 23.2 Å². The summed E-state index contributed by atoms with van der Waals surface area (Å²) in [7, 11) is 1.29. The van der Waals surface area contributed by atoms with Crippen LogP contribution in [0.2, 0.25) is 0 Å². The molecule has 1 aromatic rings. The van der Waals surface area contributed by atoms with Gasteiger partial charge in [0.15, 0.2) is 5.75 Å². The lowest BCUT2D eigenvalue weighted by molar-refractivity contribution is 0.145. The van der Waals surface area contributed by atoms with Gasteiger partial charge < -0.3 is 4.74 Å². The smallest absolute Gasteiger partial charge is 0.267 e. The van der Waals surface area contributed by atoms with Crippen LogP contribution in [0, 0.1) is 11.3 Å². The molecule has 0 fully saturated rings. The van der Waals surface area contributed by atoms with E-state index in [1.54, 1.807) is 0 Å². The third kappa shape index (κ3) is 2.47. The maximum absolute atomic E-state index is 12.9. The van der Waals surface area contributed by atoms with Crippen LogP contribution < -0.4 is 4.74 Å². The van der Waals surface area contributed by atoms with E-state index >= 15 is 0 Å². The highest BCUT2D eigenvalue weighted by Gasteiger charge is 2.22. The van der Waals surface area contributed by atoms with Crippen molar-refractivity contribution in [1.82, 2.24) is 4.98 Å². The topological polar surface area (TPSA) is 45.9 Å². The minimum absolute atomic E-state index is 0.00787. The number of alkyl halides is 3. The summed E-state index contributed by atoms with van der Waals surface area (Å²) in [6.45, 7) is 0. The highest BCUT2D eigenvalue weighted by atomic mass is 79.9. The highest BCUT2D eigenvalue weighted by molar-refractivity contribution is 9.08. The van der Waals surface area contributed by atoms with Gasteiger partial charge in [0.25, 0.3) is 6.43 Å². The van der Waals surface area contributed by atoms with Crippen LogP contribution in [0.4, 0.5) is 8.78 Å². The van der Waals surface area contributed by atoms with Crippen molar-refractivity contribution in [2.24, 2.45) is 0 Å². The van der Waals surface area contributed by atoms with Crippen molar-refractivity contribution >= 4 is 15.9 Å². The molecule has 86 valence electrons. The van der Waals surface area contributed by atoms with Gasteiger partial charge in [-0.05, 0) is 5.56 Å². The summed E-state index contributed by atoms with van der Waals surface area (Å²) in [6.07, 6.45) is -1.36. The van der Waals surface area contributed by atoms with E-state index in [1.165, 1.54) is 13.3 Å². The largest absolute Gasteiger partial charge is 0.494 e. The second-order valence-electron chi connectivity index (χ2n) is 2.95. The Bertz CT molecular complexity index is 418. The number of aromatic nitrogens is 1. The molecule has 0 aliphatic rings. The first kappa shape index (κ1) is 12.8. The van der Waals surface area contributed by atoms with Crippen LogP contribution in [0.25, 0.3) is 0 Å². The summed E-state index contributed by atoms with van der Waals surface area (Å²) >= 11 is 3.11. The predicted molar refractivity (Wildman–Crippen MR) is 57.7 cm³/mol. The van der Waals surface area contributed by atoms with Crippen LogP contribution in [0.15, 0.2) is 6.20 Å². The lowest BCUT2D eigenvalue weighted by Crippen LogP contribution is -2.04. The normalized spacial score (nSPS) is 10.2. The number of rotatable bonds is 4. The summed E-state index contributed by atoms with van der Waals surface area (Å²) < 4.78 is 30.7. The van der Waals surface area contributed by atoms with Gasteiger partial charge in [-0.1, -0.05) is 15.9 Å². The maximum atomic E-state index is 12.9. The Morgan fingerprint density at radius 1 is 1.62 bits per heavy atom. The fourth-order valence-corrected chi connectivity index (χ4v) is 1.81. The van der Waals surface area contributed by atoms with E-state index < -0.39 is 6.43 Å². The van der Waals surface area contributed by atoms with E-state index in [9.17, 15) is 8.78 Å². The van der Waals surface area contributed by atoms with Crippen LogP contribution in [-0.2, 0) is 11.8 Å². The molecule has 0 aromatic carbocycles. The standard InChI is InChI=1S/C10H9BrF2N2O/c1-16-9-7(2-3-14)15-5-6(4-11)8(9)10(12)13/h5,10H,2,4H2,1H3. The lowest BCUT2D eigenvalue weighted by Gasteiger charge is -2.13. The molecule has 0 spiro atoms. The fourth-order valence-electron chi connectivity index (χ4n) is 1.36. The van der Waals surface area contributed by atoms with Crippen molar-refractivity contribution in [1.29, 1.82) is 5.26 Å². The minimum Gasteiger partial charge on any atom is -0.494 e. The van der Waals surface area contributed by atoms with Crippen molar-refractivity contribution < 1.29 is 13.5 Å². The molecule has 0 saturated carbocycles. The van der Waals surface area contributed by atoms with Gasteiger partial charge in [0.2, 0.25) is 0 Å². The van der Waals surface area contributed by atoms with Gasteiger partial charge in [-0.2, -0.15) is 5.26 Å². The molecule has 0 bridgehead atoms. The molecular formula is C10H9BrF2N2O. The number of hydrogen-bond acceptors (Lipinski definition) is 3. The Morgan fingerprint density at radius 3 is 2.75 bits per heavy atom. The highest BCUT2D eigenvalue weighted by Crippen LogP contribution is 2.35. The number of methoxy groups -OCH3 is 1. The monoisotopic (exact) mass is 290 g/mol. The molecule has 6 heteroatoms. The number of ether oxygens (including phenoxy) is 1. The Kier molecular flexibility index (Phi) is 4.62. The lowest BCUT2D eigenvalue weighted by atomic mass is 10.1. The Labute approximate surface area is 100 Å². The van der Waals surface area contributed by atoms with Gasteiger partial charge in [-0.15, -0.1) is 0 Å². The zero-order valence-corrected chi connectivity index (χ0v) is 10.1. The summed E-state index contributed by atoms with van der Waals surface area (Å²) in [5, 5.41) is 8.82. The number of hydrogen-bond donors (Lipinski definition) is 0. The van der Waals surface area contributed by atoms with Gasteiger partial charge in [-0.3, -0.25) is 4.98 Å². The second-order valence-corrected chi connectivity index (χ2v) is 3.51. The first-order valence-electron chi connectivity index (χ1n) is 4.41. The summed E-state index contributed by atoms with van der Waals surface area (Å²) in [5.41, 5.74) is 0.415. The zero-order valence-electron chi connectivity index (χ0n) is 8.51. The Balaban J connectivity index is 3.38. The number of halogens is 3. The van der Waals surface area contributed by atoms with Crippen molar-refractivity contribution in [2.75, 3.05) is 7.11 Å². The molecular weight excluding hydrogens is 282 g/mol. The first-order valence-corrected chi connectivity index (χ1v) is 5.53. The van der Waals surface area contributed by atoms with Gasteiger partial charge >= 0.3 is 0 Å². The molecule has 3 nitrogen and oxygen atoms in total. The van der Waals surface area contributed by atoms with E-state index in [4.69, 9.17) is 10.00 Å². The predicted octanol–water partition coefficient (Wildman–Crippen LogP) is 2.99. The van der Waals surface area contributed by atoms with E-state index in [2.05, 4.69) is 20.9 Å². The van der Waals surface area contributed by atoms with E-state index in [1.807, 2.05) is 6.07 Å². The molecule has 1 aromatic heterocycles.